The minimum Gasteiger partial charge on any atom is -0.710 e. The average Bonchev–Trinajstić information content (AvgIpc) is 2.52. The number of aromatic nitrogens is 1. The zero-order valence-electron chi connectivity index (χ0n) is 11.4. The van der Waals surface area contributed by atoms with Crippen molar-refractivity contribution < 1.29 is 20.0 Å². The number of benzene rings is 1. The first-order valence-electron chi connectivity index (χ1n) is 6.25. The van der Waals surface area contributed by atoms with Crippen LogP contribution >= 0.6 is 0 Å². The van der Waals surface area contributed by atoms with Crippen LogP contribution in [0.5, 0.6) is 5.75 Å². The molecule has 21 heavy (non-hydrogen) atoms. The van der Waals surface area contributed by atoms with E-state index in [1.165, 1.54) is 6.92 Å². The van der Waals surface area contributed by atoms with Crippen molar-refractivity contribution in [1.82, 2.24) is 0 Å². The van der Waals surface area contributed by atoms with Crippen LogP contribution in [0.3, 0.4) is 0 Å². The number of nitrogens with zero attached hydrogens (tertiary/aromatic N) is 3. The highest BCUT2D eigenvalue weighted by Crippen LogP contribution is 2.30. The second-order valence-electron chi connectivity index (χ2n) is 4.36. The van der Waals surface area contributed by atoms with Gasteiger partial charge in [-0.3, -0.25) is 0 Å². The Bertz CT molecular complexity index is 672. The molecule has 3 N–H and O–H groups in total. The molecule has 1 aromatic carbocycles. The lowest BCUT2D eigenvalue weighted by Crippen LogP contribution is -2.32. The van der Waals surface area contributed by atoms with E-state index in [9.17, 15) is 20.5 Å². The summed E-state index contributed by atoms with van der Waals surface area (Å²) in [6.07, 6.45) is 0. The fourth-order valence-corrected chi connectivity index (χ4v) is 1.91. The van der Waals surface area contributed by atoms with Crippen LogP contribution in [0.2, 0.25) is 0 Å². The highest BCUT2D eigenvalue weighted by Gasteiger charge is 2.24. The molecule has 1 aromatic heterocycles. The Morgan fingerprint density at radius 1 is 1.05 bits per heavy atom. The Morgan fingerprint density at radius 3 is 2.24 bits per heavy atom. The minimum atomic E-state index is -0.547. The van der Waals surface area contributed by atoms with Crippen LogP contribution in [0, 0.1) is 12.1 Å². The molecule has 0 fully saturated rings. The molecule has 0 saturated carbocycles. The van der Waals surface area contributed by atoms with E-state index in [2.05, 4.69) is 10.2 Å². The fourth-order valence-electron chi connectivity index (χ4n) is 1.91. The van der Waals surface area contributed by atoms with Gasteiger partial charge in [0.15, 0.2) is 5.75 Å². The Hall–Kier alpha value is -2.51. The molecule has 110 valence electrons. The molecule has 2 aromatic rings. The summed E-state index contributed by atoms with van der Waals surface area (Å²) < 4.78 is 0.381. The van der Waals surface area contributed by atoms with Crippen LogP contribution in [-0.4, -0.2) is 15.3 Å². The molecule has 7 heteroatoms. The first-order chi connectivity index (χ1) is 10.1. The van der Waals surface area contributed by atoms with E-state index < -0.39 is 13.2 Å². The highest BCUT2D eigenvalue weighted by atomic mass is 16.5. The van der Waals surface area contributed by atoms with Crippen molar-refractivity contribution in [3.8, 4) is 5.75 Å². The van der Waals surface area contributed by atoms with E-state index in [1.54, 1.807) is 24.3 Å². The number of aliphatic hydroxyl groups is 2. The van der Waals surface area contributed by atoms with E-state index in [0.29, 0.717) is 10.4 Å². The second kappa shape index (κ2) is 6.29. The van der Waals surface area contributed by atoms with Gasteiger partial charge in [-0.1, -0.05) is 18.2 Å². The molecule has 1 heterocycles. The number of azo groups is 1. The highest BCUT2D eigenvalue weighted by molar-refractivity contribution is 5.48. The number of aromatic hydroxyl groups is 1. The molecule has 0 radical (unpaired) electrons. The van der Waals surface area contributed by atoms with Crippen LogP contribution < -0.4 is 4.73 Å². The van der Waals surface area contributed by atoms with Crippen LogP contribution in [0.25, 0.3) is 0 Å². The summed E-state index contributed by atoms with van der Waals surface area (Å²) in [4.78, 5) is 0. The van der Waals surface area contributed by atoms with Gasteiger partial charge in [0.1, 0.15) is 11.4 Å². The maximum Gasteiger partial charge on any atom is 0.359 e. The summed E-state index contributed by atoms with van der Waals surface area (Å²) in [6, 6.07) is 8.77. The molecular formula is C14H15N3O4. The molecule has 0 atom stereocenters. The van der Waals surface area contributed by atoms with E-state index in [0.717, 1.165) is 0 Å². The maximum atomic E-state index is 12.1. The molecule has 0 bridgehead atoms. The summed E-state index contributed by atoms with van der Waals surface area (Å²) in [5.74, 6) is -0.504. The van der Waals surface area contributed by atoms with Crippen LogP contribution in [-0.2, 0) is 13.2 Å². The number of hydrogen-bond acceptors (Lipinski definition) is 6. The summed E-state index contributed by atoms with van der Waals surface area (Å²) in [5.41, 5.74) is 0.648. The van der Waals surface area contributed by atoms with Crippen molar-refractivity contribution in [3.05, 3.63) is 52.4 Å². The summed E-state index contributed by atoms with van der Waals surface area (Å²) in [6.45, 7) is 0.330. The zero-order valence-corrected chi connectivity index (χ0v) is 11.4. The molecular weight excluding hydrogens is 274 g/mol. The number of hydrogen-bond donors (Lipinski definition) is 3. The Morgan fingerprint density at radius 2 is 1.67 bits per heavy atom. The topological polar surface area (TPSA) is 112 Å². The molecule has 0 amide bonds. The third kappa shape index (κ3) is 2.83. The monoisotopic (exact) mass is 289 g/mol. The molecule has 7 nitrogen and oxygen atoms in total. The number of aliphatic hydroxyl groups excluding tert-OH is 2. The van der Waals surface area contributed by atoms with E-state index in [-0.39, 0.29) is 28.4 Å². The lowest BCUT2D eigenvalue weighted by atomic mass is 10.1. The van der Waals surface area contributed by atoms with Crippen LogP contribution in [0.1, 0.15) is 16.8 Å². The van der Waals surface area contributed by atoms with Crippen molar-refractivity contribution >= 4 is 11.5 Å². The lowest BCUT2D eigenvalue weighted by molar-refractivity contribution is -0.600. The minimum absolute atomic E-state index is 0.0155. The molecule has 2 rings (SSSR count). The largest absolute Gasteiger partial charge is 0.710 e. The molecule has 0 aliphatic carbocycles. The quantitative estimate of drug-likeness (QED) is 0.452. The van der Waals surface area contributed by atoms with Crippen molar-refractivity contribution in [2.45, 2.75) is 20.1 Å². The molecule has 0 spiro atoms. The number of rotatable bonds is 4. The van der Waals surface area contributed by atoms with Gasteiger partial charge >= 0.3 is 5.82 Å². The normalized spacial score (nSPS) is 11.2. The standard InChI is InChI=1S/C14H15N3O4/c1-9-13(20)11(7-18)12(8-19)14(17(9)21)16-15-10-5-3-2-4-6-10/h2-6,18-20H,7-8H2,1H3. The first-order valence-corrected chi connectivity index (χ1v) is 6.25. The molecule has 0 aliphatic heterocycles. The first kappa shape index (κ1) is 14.9. The van der Waals surface area contributed by atoms with E-state index in [1.807, 2.05) is 6.07 Å². The predicted molar refractivity (Wildman–Crippen MR) is 74.3 cm³/mol. The molecule has 0 aliphatic rings. The third-order valence-electron chi connectivity index (χ3n) is 3.09. The molecule has 0 unspecified atom stereocenters. The van der Waals surface area contributed by atoms with Crippen LogP contribution in [0.15, 0.2) is 40.6 Å². The third-order valence-corrected chi connectivity index (χ3v) is 3.09. The lowest BCUT2D eigenvalue weighted by Gasteiger charge is -2.15. The second-order valence-corrected chi connectivity index (χ2v) is 4.36. The summed E-state index contributed by atoms with van der Waals surface area (Å²) in [7, 11) is 0. The van der Waals surface area contributed by atoms with Crippen molar-refractivity contribution in [3.63, 3.8) is 0 Å². The SMILES string of the molecule is Cc1c(O)c(CO)c(CO)c(N=Nc2ccccc2)[n+]1[O-]. The van der Waals surface area contributed by atoms with Gasteiger partial charge in [-0.05, 0) is 17.2 Å². The van der Waals surface area contributed by atoms with Crippen molar-refractivity contribution in [2.24, 2.45) is 10.2 Å². The molecule has 0 saturated heterocycles. The van der Waals surface area contributed by atoms with Gasteiger partial charge in [-0.25, -0.2) is 4.73 Å². The van der Waals surface area contributed by atoms with Gasteiger partial charge in [-0.15, -0.1) is 0 Å². The summed E-state index contributed by atoms with van der Waals surface area (Å²) in [5, 5.41) is 48.4. The Labute approximate surface area is 121 Å². The van der Waals surface area contributed by atoms with Gasteiger partial charge in [0.2, 0.25) is 0 Å². The van der Waals surface area contributed by atoms with E-state index in [4.69, 9.17) is 0 Å². The maximum absolute atomic E-state index is 12.1. The predicted octanol–water partition coefficient (Wildman–Crippen LogP) is 1.73. The Kier molecular flexibility index (Phi) is 4.46. The van der Waals surface area contributed by atoms with Gasteiger partial charge in [0, 0.05) is 12.5 Å². The van der Waals surface area contributed by atoms with Crippen LogP contribution in [0.4, 0.5) is 11.5 Å². The van der Waals surface area contributed by atoms with Gasteiger partial charge in [0.25, 0.3) is 0 Å². The number of pyridine rings is 1. The van der Waals surface area contributed by atoms with Gasteiger partial charge in [0.05, 0.1) is 23.9 Å². The van der Waals surface area contributed by atoms with Crippen molar-refractivity contribution in [2.75, 3.05) is 0 Å². The van der Waals surface area contributed by atoms with Crippen molar-refractivity contribution in [1.29, 1.82) is 0 Å². The summed E-state index contributed by atoms with van der Waals surface area (Å²) >= 11 is 0. The van der Waals surface area contributed by atoms with Gasteiger partial charge < -0.3 is 20.5 Å². The average molecular weight is 289 g/mol. The van der Waals surface area contributed by atoms with Gasteiger partial charge in [-0.2, -0.15) is 0 Å². The van der Waals surface area contributed by atoms with E-state index >= 15 is 0 Å². The Balaban J connectivity index is 2.57. The fraction of sp³-hybridized carbons (Fsp3) is 0.214. The zero-order chi connectivity index (χ0) is 15.4. The smallest absolute Gasteiger partial charge is 0.359 e.